The van der Waals surface area contributed by atoms with Crippen LogP contribution < -0.4 is 0 Å². The number of benzene rings is 1. The molecule has 5 nitrogen and oxygen atoms in total. The Kier molecular flexibility index (Phi) is 6.41. The second-order valence-corrected chi connectivity index (χ2v) is 8.14. The maximum atomic E-state index is 10.7. The number of oxime groups is 1. The average molecular weight is 347 g/mol. The minimum atomic E-state index is -1.10. The smallest absolute Gasteiger partial charge is 0.353 e. The summed E-state index contributed by atoms with van der Waals surface area (Å²) in [6, 6.07) is 3.93. The normalized spacial score (nSPS) is 13.3. The lowest BCUT2D eigenvalue weighted by atomic mass is 9.78. The van der Waals surface area contributed by atoms with E-state index in [-0.39, 0.29) is 23.1 Å². The van der Waals surface area contributed by atoms with Gasteiger partial charge in [-0.3, -0.25) is 0 Å². The Morgan fingerprint density at radius 1 is 1.12 bits per heavy atom. The van der Waals surface area contributed by atoms with Crippen molar-refractivity contribution in [1.82, 2.24) is 0 Å². The number of carboxylic acid groups (broad SMARTS) is 1. The number of phenolic OH excluding ortho intramolecular Hbond substituents is 1. The Hall–Kier alpha value is -2.30. The molecule has 0 fully saturated rings. The molecular formula is C20H29NO4. The molecule has 1 aromatic rings. The van der Waals surface area contributed by atoms with Crippen molar-refractivity contribution in [1.29, 1.82) is 0 Å². The second kappa shape index (κ2) is 7.72. The highest BCUT2D eigenvalue weighted by Crippen LogP contribution is 2.39. The van der Waals surface area contributed by atoms with Gasteiger partial charge in [0.15, 0.2) is 5.71 Å². The van der Waals surface area contributed by atoms with Crippen molar-refractivity contribution >= 4 is 17.8 Å². The van der Waals surface area contributed by atoms with Crippen LogP contribution in [-0.4, -0.2) is 28.5 Å². The fourth-order valence-electron chi connectivity index (χ4n) is 2.30. The maximum absolute atomic E-state index is 10.7. The lowest BCUT2D eigenvalue weighted by Gasteiger charge is -2.27. The van der Waals surface area contributed by atoms with Gasteiger partial charge in [-0.1, -0.05) is 52.8 Å². The molecule has 1 aromatic carbocycles. The third kappa shape index (κ3) is 5.93. The maximum Gasteiger partial charge on any atom is 0.353 e. The first-order valence-corrected chi connectivity index (χ1v) is 8.28. The van der Waals surface area contributed by atoms with E-state index in [2.05, 4.69) is 46.7 Å². The van der Waals surface area contributed by atoms with Crippen molar-refractivity contribution in [2.45, 2.75) is 59.3 Å². The molecule has 0 aliphatic carbocycles. The van der Waals surface area contributed by atoms with Crippen LogP contribution in [0.4, 0.5) is 0 Å². The number of hydrogen-bond acceptors (Lipinski definition) is 4. The summed E-state index contributed by atoms with van der Waals surface area (Å²) in [6.07, 6.45) is 3.65. The van der Waals surface area contributed by atoms with Crippen LogP contribution in [0.15, 0.2) is 23.4 Å². The molecule has 0 amide bonds. The highest BCUT2D eigenvalue weighted by Gasteiger charge is 2.26. The van der Waals surface area contributed by atoms with Crippen molar-refractivity contribution in [2.75, 3.05) is 6.61 Å². The average Bonchev–Trinajstić information content (AvgIpc) is 2.45. The molecule has 0 saturated heterocycles. The van der Waals surface area contributed by atoms with Gasteiger partial charge in [-0.05, 0) is 41.5 Å². The van der Waals surface area contributed by atoms with Crippen LogP contribution >= 0.6 is 0 Å². The van der Waals surface area contributed by atoms with Gasteiger partial charge in [0.2, 0.25) is 0 Å². The van der Waals surface area contributed by atoms with Crippen LogP contribution in [0, 0.1) is 0 Å². The minimum absolute atomic E-state index is 0.0944. The van der Waals surface area contributed by atoms with Gasteiger partial charge in [-0.25, -0.2) is 4.79 Å². The van der Waals surface area contributed by atoms with Gasteiger partial charge < -0.3 is 15.1 Å². The van der Waals surface area contributed by atoms with E-state index in [0.29, 0.717) is 5.75 Å². The third-order valence-electron chi connectivity index (χ3n) is 3.74. The van der Waals surface area contributed by atoms with Crippen LogP contribution in [-0.2, 0) is 20.5 Å². The molecule has 25 heavy (non-hydrogen) atoms. The van der Waals surface area contributed by atoms with Gasteiger partial charge in [0.1, 0.15) is 12.4 Å². The van der Waals surface area contributed by atoms with Gasteiger partial charge in [-0.2, -0.15) is 0 Å². The number of rotatable bonds is 5. The minimum Gasteiger partial charge on any atom is -0.507 e. The van der Waals surface area contributed by atoms with Crippen molar-refractivity contribution in [3.05, 3.63) is 34.9 Å². The summed E-state index contributed by atoms with van der Waals surface area (Å²) >= 11 is 0. The summed E-state index contributed by atoms with van der Waals surface area (Å²) in [5.74, 6) is -0.762. The van der Waals surface area contributed by atoms with Crippen molar-refractivity contribution in [3.8, 4) is 5.75 Å². The van der Waals surface area contributed by atoms with Gasteiger partial charge in [0.25, 0.3) is 0 Å². The molecule has 138 valence electrons. The number of hydrogen-bond donors (Lipinski definition) is 2. The van der Waals surface area contributed by atoms with E-state index in [1.165, 1.54) is 6.92 Å². The van der Waals surface area contributed by atoms with Gasteiger partial charge in [-0.15, -0.1) is 0 Å². The Balaban J connectivity index is 3.10. The molecule has 1 rings (SSSR count). The van der Waals surface area contributed by atoms with E-state index in [0.717, 1.165) is 16.7 Å². The molecule has 0 aliphatic rings. The summed E-state index contributed by atoms with van der Waals surface area (Å²) in [7, 11) is 0. The Bertz CT molecular complexity index is 654. The number of carbonyl (C=O) groups is 1. The molecule has 2 N–H and O–H groups in total. The quantitative estimate of drug-likeness (QED) is 0.468. The van der Waals surface area contributed by atoms with Crippen LogP contribution in [0.1, 0.15) is 65.2 Å². The molecule has 0 aliphatic heterocycles. The highest BCUT2D eigenvalue weighted by molar-refractivity contribution is 6.34. The number of aliphatic carboxylic acids is 1. The number of aromatic hydroxyl groups is 1. The van der Waals surface area contributed by atoms with Crippen molar-refractivity contribution in [2.24, 2.45) is 5.16 Å². The topological polar surface area (TPSA) is 79.1 Å². The number of carboxylic acids is 1. The lowest BCUT2D eigenvalue weighted by Crippen LogP contribution is -2.17. The molecule has 0 atom stereocenters. The molecule has 0 bridgehead atoms. The molecule has 0 saturated carbocycles. The molecule has 0 radical (unpaired) electrons. The molecule has 0 unspecified atom stereocenters. The highest BCUT2D eigenvalue weighted by atomic mass is 16.6. The second-order valence-electron chi connectivity index (χ2n) is 8.14. The Morgan fingerprint density at radius 2 is 1.60 bits per heavy atom. The fraction of sp³-hybridized carbons (Fsp3) is 0.500. The van der Waals surface area contributed by atoms with Crippen LogP contribution in [0.25, 0.3) is 6.08 Å². The van der Waals surface area contributed by atoms with E-state index >= 15 is 0 Å². The molecule has 0 heterocycles. The summed E-state index contributed by atoms with van der Waals surface area (Å²) in [4.78, 5) is 15.6. The lowest BCUT2D eigenvalue weighted by molar-refractivity contribution is -0.129. The zero-order chi connectivity index (χ0) is 19.4. The summed E-state index contributed by atoms with van der Waals surface area (Å²) in [5, 5.41) is 22.9. The fourth-order valence-corrected chi connectivity index (χ4v) is 2.30. The standard InChI is InChI=1S/C20H29NO4/c1-13(18(23)24)21-25-10-8-9-14-11-15(19(2,3)4)17(22)16(12-14)20(5,6)7/h8-9,11-12,22H,10H2,1-7H3,(H,23,24). The largest absolute Gasteiger partial charge is 0.507 e. The summed E-state index contributed by atoms with van der Waals surface area (Å²) < 4.78 is 0. The van der Waals surface area contributed by atoms with Gasteiger partial charge in [0.05, 0.1) is 0 Å². The van der Waals surface area contributed by atoms with Crippen LogP contribution in [0.5, 0.6) is 5.75 Å². The van der Waals surface area contributed by atoms with Crippen molar-refractivity contribution < 1.29 is 19.8 Å². The third-order valence-corrected chi connectivity index (χ3v) is 3.74. The van der Waals surface area contributed by atoms with E-state index in [1.54, 1.807) is 6.08 Å². The first-order valence-electron chi connectivity index (χ1n) is 8.28. The van der Waals surface area contributed by atoms with Gasteiger partial charge >= 0.3 is 5.97 Å². The molecule has 0 aromatic heterocycles. The van der Waals surface area contributed by atoms with E-state index in [4.69, 9.17) is 9.94 Å². The molecular weight excluding hydrogens is 318 g/mol. The van der Waals surface area contributed by atoms with E-state index < -0.39 is 5.97 Å². The molecule has 5 heteroatoms. The van der Waals surface area contributed by atoms with Crippen LogP contribution in [0.3, 0.4) is 0 Å². The Morgan fingerprint density at radius 3 is 2.00 bits per heavy atom. The van der Waals surface area contributed by atoms with E-state index in [9.17, 15) is 9.90 Å². The zero-order valence-electron chi connectivity index (χ0n) is 16.2. The van der Waals surface area contributed by atoms with Crippen molar-refractivity contribution in [3.63, 3.8) is 0 Å². The number of phenols is 1. The molecule has 0 spiro atoms. The first-order chi connectivity index (χ1) is 11.3. The monoisotopic (exact) mass is 347 g/mol. The van der Waals surface area contributed by atoms with E-state index in [1.807, 2.05) is 18.2 Å². The predicted octanol–water partition coefficient (Wildman–Crippen LogP) is 4.48. The first kappa shape index (κ1) is 20.7. The van der Waals surface area contributed by atoms with Crippen LogP contribution in [0.2, 0.25) is 0 Å². The SMILES string of the molecule is CC(=NOCC=Cc1cc(C(C)(C)C)c(O)c(C(C)(C)C)c1)C(=O)O. The summed E-state index contributed by atoms with van der Waals surface area (Å²) in [6.45, 7) is 13.9. The zero-order valence-corrected chi connectivity index (χ0v) is 16.2. The number of nitrogens with zero attached hydrogens (tertiary/aromatic N) is 1. The predicted molar refractivity (Wildman–Crippen MR) is 101 cm³/mol. The summed E-state index contributed by atoms with van der Waals surface area (Å²) in [5.41, 5.74) is 2.26. The Labute approximate surface area is 150 Å². The van der Waals surface area contributed by atoms with Gasteiger partial charge in [0, 0.05) is 11.1 Å².